The molecular formula is C18H17ClN4S. The summed E-state index contributed by atoms with van der Waals surface area (Å²) < 4.78 is 0. The molecule has 0 aliphatic rings. The number of nitrogens with zero attached hydrogens (tertiary/aromatic N) is 3. The highest BCUT2D eigenvalue weighted by atomic mass is 35.5. The maximum absolute atomic E-state index is 6.22. The lowest BCUT2D eigenvalue weighted by Crippen LogP contribution is -2.33. The highest BCUT2D eigenvalue weighted by Crippen LogP contribution is 2.29. The summed E-state index contributed by atoms with van der Waals surface area (Å²) in [6.45, 7) is 0. The van der Waals surface area contributed by atoms with Gasteiger partial charge in [-0.25, -0.2) is 9.98 Å². The number of thioether (sulfide) groups is 1. The number of hydrogen-bond donors (Lipinski definition) is 1. The molecule has 3 rings (SSSR count). The average Bonchev–Trinajstić information content (AvgIpc) is 2.62. The Bertz CT molecular complexity index is 910. The monoisotopic (exact) mass is 356 g/mol. The minimum absolute atomic E-state index is 0.411. The summed E-state index contributed by atoms with van der Waals surface area (Å²) >= 11 is 7.84. The van der Waals surface area contributed by atoms with Gasteiger partial charge in [0.25, 0.3) is 0 Å². The number of anilines is 1. The van der Waals surface area contributed by atoms with Crippen molar-refractivity contribution in [1.82, 2.24) is 4.98 Å². The molecule has 122 valence electrons. The van der Waals surface area contributed by atoms with Gasteiger partial charge in [-0.3, -0.25) is 0 Å². The number of hydrogen-bond acceptors (Lipinski definition) is 3. The summed E-state index contributed by atoms with van der Waals surface area (Å²) in [5, 5.41) is 2.25. The van der Waals surface area contributed by atoms with Crippen LogP contribution >= 0.6 is 23.4 Å². The first kappa shape index (κ1) is 16.6. The number of rotatable bonds is 3. The highest BCUT2D eigenvalue weighted by molar-refractivity contribution is 7.98. The SMILES string of the molecule is CSc1cccc(N(C)C(N)=Nc2cccc3c(Cl)nccc23)c1. The Morgan fingerprint density at radius 3 is 2.75 bits per heavy atom. The Balaban J connectivity index is 2.00. The number of nitrogens with two attached hydrogens (primary N) is 1. The molecule has 1 heterocycles. The molecule has 24 heavy (non-hydrogen) atoms. The van der Waals surface area contributed by atoms with Crippen molar-refractivity contribution in [2.24, 2.45) is 10.7 Å². The van der Waals surface area contributed by atoms with Crippen LogP contribution in [0.5, 0.6) is 0 Å². The Morgan fingerprint density at radius 2 is 1.96 bits per heavy atom. The molecule has 2 aromatic carbocycles. The Hall–Kier alpha value is -2.24. The molecule has 2 N–H and O–H groups in total. The Labute approximate surface area is 150 Å². The van der Waals surface area contributed by atoms with E-state index in [1.807, 2.05) is 54.6 Å². The van der Waals surface area contributed by atoms with E-state index >= 15 is 0 Å². The second-order valence-electron chi connectivity index (χ2n) is 5.20. The molecule has 6 heteroatoms. The van der Waals surface area contributed by atoms with Gasteiger partial charge in [0.15, 0.2) is 0 Å². The Kier molecular flexibility index (Phi) is 4.92. The van der Waals surface area contributed by atoms with Gasteiger partial charge in [-0.05, 0) is 36.6 Å². The van der Waals surface area contributed by atoms with Crippen LogP contribution in [0, 0.1) is 0 Å². The number of halogens is 1. The van der Waals surface area contributed by atoms with E-state index in [0.29, 0.717) is 11.1 Å². The minimum atomic E-state index is 0.411. The van der Waals surface area contributed by atoms with Crippen molar-refractivity contribution < 1.29 is 0 Å². The summed E-state index contributed by atoms with van der Waals surface area (Å²) in [4.78, 5) is 11.7. The van der Waals surface area contributed by atoms with E-state index in [2.05, 4.69) is 22.1 Å². The van der Waals surface area contributed by atoms with E-state index in [1.165, 1.54) is 4.90 Å². The summed E-state index contributed by atoms with van der Waals surface area (Å²) in [6, 6.07) is 15.8. The zero-order chi connectivity index (χ0) is 17.1. The van der Waals surface area contributed by atoms with Crippen LogP contribution in [0.1, 0.15) is 0 Å². The first-order valence-corrected chi connectivity index (χ1v) is 8.95. The number of pyridine rings is 1. The van der Waals surface area contributed by atoms with Crippen LogP contribution in [0.4, 0.5) is 11.4 Å². The normalized spacial score (nSPS) is 11.7. The van der Waals surface area contributed by atoms with E-state index in [-0.39, 0.29) is 0 Å². The van der Waals surface area contributed by atoms with E-state index < -0.39 is 0 Å². The molecule has 0 spiro atoms. The fourth-order valence-corrected chi connectivity index (χ4v) is 3.08. The lowest BCUT2D eigenvalue weighted by molar-refractivity contribution is 1.21. The number of benzene rings is 2. The molecule has 0 saturated heterocycles. The molecule has 0 saturated carbocycles. The van der Waals surface area contributed by atoms with Crippen molar-refractivity contribution >= 4 is 51.5 Å². The van der Waals surface area contributed by atoms with E-state index in [1.54, 1.807) is 18.0 Å². The molecule has 0 aliphatic carbocycles. The number of guanidine groups is 1. The van der Waals surface area contributed by atoms with Gasteiger partial charge in [-0.15, -0.1) is 11.8 Å². The number of fused-ring (bicyclic) bond motifs is 1. The van der Waals surface area contributed by atoms with E-state index in [0.717, 1.165) is 22.1 Å². The molecule has 0 bridgehead atoms. The van der Waals surface area contributed by atoms with Crippen molar-refractivity contribution in [2.75, 3.05) is 18.2 Å². The third-order valence-corrected chi connectivity index (χ3v) is 4.78. The molecule has 0 unspecified atom stereocenters. The summed E-state index contributed by atoms with van der Waals surface area (Å²) in [6.07, 6.45) is 3.72. The first-order chi connectivity index (χ1) is 11.6. The van der Waals surface area contributed by atoms with Gasteiger partial charge in [-0.2, -0.15) is 0 Å². The zero-order valence-electron chi connectivity index (χ0n) is 13.4. The van der Waals surface area contributed by atoms with Gasteiger partial charge < -0.3 is 10.6 Å². The second-order valence-corrected chi connectivity index (χ2v) is 6.44. The number of aromatic nitrogens is 1. The van der Waals surface area contributed by atoms with Gasteiger partial charge in [0.2, 0.25) is 5.96 Å². The van der Waals surface area contributed by atoms with Crippen molar-refractivity contribution in [2.45, 2.75) is 4.90 Å². The average molecular weight is 357 g/mol. The van der Waals surface area contributed by atoms with Crippen LogP contribution in [0.2, 0.25) is 5.15 Å². The fraction of sp³-hybridized carbons (Fsp3) is 0.111. The van der Waals surface area contributed by atoms with Crippen molar-refractivity contribution in [1.29, 1.82) is 0 Å². The maximum Gasteiger partial charge on any atom is 0.200 e. The molecule has 0 amide bonds. The first-order valence-electron chi connectivity index (χ1n) is 7.35. The highest BCUT2D eigenvalue weighted by Gasteiger charge is 2.08. The molecule has 4 nitrogen and oxygen atoms in total. The molecule has 1 aromatic heterocycles. The van der Waals surface area contributed by atoms with E-state index in [4.69, 9.17) is 17.3 Å². The van der Waals surface area contributed by atoms with Gasteiger partial charge in [0.1, 0.15) is 5.15 Å². The van der Waals surface area contributed by atoms with Gasteiger partial charge in [0, 0.05) is 34.6 Å². The van der Waals surface area contributed by atoms with Crippen LogP contribution in [0.25, 0.3) is 10.8 Å². The predicted octanol–water partition coefficient (Wildman–Crippen LogP) is 4.69. The van der Waals surface area contributed by atoms with Crippen LogP contribution in [-0.2, 0) is 0 Å². The van der Waals surface area contributed by atoms with E-state index in [9.17, 15) is 0 Å². The molecule has 0 aliphatic heterocycles. The van der Waals surface area contributed by atoms with Crippen molar-refractivity contribution in [3.8, 4) is 0 Å². The lowest BCUT2D eigenvalue weighted by atomic mass is 10.1. The minimum Gasteiger partial charge on any atom is -0.369 e. The van der Waals surface area contributed by atoms with Gasteiger partial charge >= 0.3 is 0 Å². The lowest BCUT2D eigenvalue weighted by Gasteiger charge is -2.19. The predicted molar refractivity (Wildman–Crippen MR) is 105 cm³/mol. The van der Waals surface area contributed by atoms with Crippen LogP contribution in [0.15, 0.2) is 64.6 Å². The summed E-state index contributed by atoms with van der Waals surface area (Å²) in [7, 11) is 1.90. The third-order valence-electron chi connectivity index (χ3n) is 3.75. The van der Waals surface area contributed by atoms with Crippen LogP contribution in [-0.4, -0.2) is 24.2 Å². The van der Waals surface area contributed by atoms with Crippen molar-refractivity contribution in [3.05, 3.63) is 59.9 Å². The van der Waals surface area contributed by atoms with Gasteiger partial charge in [0.05, 0.1) is 5.69 Å². The quantitative estimate of drug-likeness (QED) is 0.320. The Morgan fingerprint density at radius 1 is 1.17 bits per heavy atom. The summed E-state index contributed by atoms with van der Waals surface area (Å²) in [5.41, 5.74) is 7.98. The van der Waals surface area contributed by atoms with Crippen LogP contribution in [0.3, 0.4) is 0 Å². The zero-order valence-corrected chi connectivity index (χ0v) is 15.0. The maximum atomic E-state index is 6.22. The van der Waals surface area contributed by atoms with Crippen molar-refractivity contribution in [3.63, 3.8) is 0 Å². The molecular weight excluding hydrogens is 340 g/mol. The fourth-order valence-electron chi connectivity index (χ4n) is 2.40. The van der Waals surface area contributed by atoms with Gasteiger partial charge in [-0.1, -0.05) is 29.8 Å². The molecule has 3 aromatic rings. The topological polar surface area (TPSA) is 54.5 Å². The third kappa shape index (κ3) is 3.32. The molecule has 0 atom stereocenters. The largest absolute Gasteiger partial charge is 0.369 e. The summed E-state index contributed by atoms with van der Waals surface area (Å²) in [5.74, 6) is 0.411. The standard InChI is InChI=1S/C18H17ClN4S/c1-23(12-5-3-6-13(11-12)24-2)18(20)22-16-8-4-7-15-14(16)9-10-21-17(15)19/h3-11H,1-2H3,(H2,20,22). The number of aliphatic imine (C=N–C) groups is 1. The molecule has 0 fully saturated rings. The van der Waals surface area contributed by atoms with Crippen LogP contribution < -0.4 is 10.6 Å². The molecule has 0 radical (unpaired) electrons. The second kappa shape index (κ2) is 7.11. The smallest absolute Gasteiger partial charge is 0.200 e.